The molecule has 8 heteroatoms. The third-order valence-corrected chi connectivity index (χ3v) is 4.79. The van der Waals surface area contributed by atoms with Gasteiger partial charge >= 0.3 is 5.97 Å². The number of ether oxygens (including phenoxy) is 1. The largest absolute Gasteiger partial charge is 0.464 e. The van der Waals surface area contributed by atoms with E-state index in [0.717, 1.165) is 4.90 Å². The molecule has 3 rings (SSSR count). The van der Waals surface area contributed by atoms with Crippen molar-refractivity contribution in [2.75, 3.05) is 12.8 Å². The van der Waals surface area contributed by atoms with Gasteiger partial charge in [0.2, 0.25) is 0 Å². The summed E-state index contributed by atoms with van der Waals surface area (Å²) in [6.07, 6.45) is 3.13. The van der Waals surface area contributed by atoms with Crippen molar-refractivity contribution in [2.24, 2.45) is 0 Å². The molecule has 2 heterocycles. The van der Waals surface area contributed by atoms with E-state index in [2.05, 4.69) is 11.1 Å². The number of hydrogen-bond acceptors (Lipinski definition) is 7. The van der Waals surface area contributed by atoms with Crippen LogP contribution in [0.4, 0.5) is 5.69 Å². The molecule has 0 spiro atoms. The number of methoxy groups -OCH3 is 1. The summed E-state index contributed by atoms with van der Waals surface area (Å²) in [7, 11) is 1.25. The standard InChI is InChI=1S/C19H13N5O2S/c1-26-19(25)17-16(22)13(10-21)11-24(17)14-4-6-15(7-5-14)27-18-12(9-20)3-2-8-23-18/h2-8,11H,22H2,1H3. The third-order valence-electron chi connectivity index (χ3n) is 3.76. The number of esters is 1. The molecule has 0 saturated carbocycles. The number of carbonyl (C=O) groups is 1. The minimum atomic E-state index is -0.625. The monoisotopic (exact) mass is 375 g/mol. The number of carbonyl (C=O) groups excluding carboxylic acids is 1. The lowest BCUT2D eigenvalue weighted by Gasteiger charge is -2.09. The smallest absolute Gasteiger partial charge is 0.357 e. The summed E-state index contributed by atoms with van der Waals surface area (Å²) < 4.78 is 6.30. The molecule has 0 bridgehead atoms. The van der Waals surface area contributed by atoms with Gasteiger partial charge < -0.3 is 15.0 Å². The molecule has 0 aliphatic carbocycles. The Morgan fingerprint density at radius 3 is 2.52 bits per heavy atom. The number of nitrogens with zero attached hydrogens (tertiary/aromatic N) is 4. The van der Waals surface area contributed by atoms with E-state index in [1.165, 1.54) is 29.6 Å². The van der Waals surface area contributed by atoms with Crippen LogP contribution in [0.25, 0.3) is 5.69 Å². The van der Waals surface area contributed by atoms with Crippen molar-refractivity contribution in [3.63, 3.8) is 0 Å². The molecule has 0 radical (unpaired) electrons. The summed E-state index contributed by atoms with van der Waals surface area (Å²) in [5.74, 6) is -0.625. The highest BCUT2D eigenvalue weighted by Gasteiger charge is 2.21. The molecular weight excluding hydrogens is 362 g/mol. The lowest BCUT2D eigenvalue weighted by molar-refractivity contribution is 0.0593. The van der Waals surface area contributed by atoms with Crippen molar-refractivity contribution in [3.05, 3.63) is 65.6 Å². The van der Waals surface area contributed by atoms with Gasteiger partial charge in [-0.2, -0.15) is 10.5 Å². The summed E-state index contributed by atoms with van der Waals surface area (Å²) in [6.45, 7) is 0. The van der Waals surface area contributed by atoms with E-state index in [4.69, 9.17) is 15.7 Å². The Hall–Kier alpha value is -3.75. The number of rotatable bonds is 4. The summed E-state index contributed by atoms with van der Waals surface area (Å²) in [5.41, 5.74) is 7.43. The SMILES string of the molecule is COC(=O)c1c(N)c(C#N)cn1-c1ccc(Sc2ncccc2C#N)cc1. The summed E-state index contributed by atoms with van der Waals surface area (Å²) in [5, 5.41) is 19.0. The van der Waals surface area contributed by atoms with Crippen molar-refractivity contribution < 1.29 is 9.53 Å². The van der Waals surface area contributed by atoms with Gasteiger partial charge in [-0.25, -0.2) is 9.78 Å². The zero-order valence-electron chi connectivity index (χ0n) is 14.2. The van der Waals surface area contributed by atoms with Crippen molar-refractivity contribution in [1.29, 1.82) is 10.5 Å². The zero-order valence-corrected chi connectivity index (χ0v) is 15.0. The Bertz CT molecular complexity index is 1090. The molecule has 0 amide bonds. The van der Waals surface area contributed by atoms with E-state index >= 15 is 0 Å². The molecule has 0 fully saturated rings. The van der Waals surface area contributed by atoms with Gasteiger partial charge in [0.25, 0.3) is 0 Å². The molecule has 3 aromatic rings. The Balaban J connectivity index is 1.96. The van der Waals surface area contributed by atoms with E-state index in [1.807, 2.05) is 18.2 Å². The average molecular weight is 375 g/mol. The maximum Gasteiger partial charge on any atom is 0.357 e. The fraction of sp³-hybridized carbons (Fsp3) is 0.0526. The lowest BCUT2D eigenvalue weighted by Crippen LogP contribution is -2.11. The molecule has 0 aliphatic heterocycles. The van der Waals surface area contributed by atoms with Crippen LogP contribution in [0.1, 0.15) is 21.6 Å². The molecule has 0 unspecified atom stereocenters. The van der Waals surface area contributed by atoms with Crippen molar-refractivity contribution in [1.82, 2.24) is 9.55 Å². The summed E-state index contributed by atoms with van der Waals surface area (Å²) >= 11 is 1.36. The average Bonchev–Trinajstić information content (AvgIpc) is 3.04. The lowest BCUT2D eigenvalue weighted by atomic mass is 10.2. The van der Waals surface area contributed by atoms with Gasteiger partial charge in [-0.3, -0.25) is 0 Å². The molecule has 27 heavy (non-hydrogen) atoms. The van der Waals surface area contributed by atoms with Crippen LogP contribution >= 0.6 is 11.8 Å². The van der Waals surface area contributed by atoms with Crippen LogP contribution in [0.2, 0.25) is 0 Å². The maximum absolute atomic E-state index is 12.1. The van der Waals surface area contributed by atoms with Crippen LogP contribution in [-0.4, -0.2) is 22.6 Å². The zero-order chi connectivity index (χ0) is 19.4. The first kappa shape index (κ1) is 18.1. The van der Waals surface area contributed by atoms with E-state index in [0.29, 0.717) is 16.3 Å². The van der Waals surface area contributed by atoms with Crippen LogP contribution < -0.4 is 5.73 Å². The molecule has 1 aromatic carbocycles. The van der Waals surface area contributed by atoms with Crippen LogP contribution in [0.15, 0.2) is 58.7 Å². The van der Waals surface area contributed by atoms with E-state index in [9.17, 15) is 10.1 Å². The van der Waals surface area contributed by atoms with Gasteiger partial charge in [0.05, 0.1) is 23.9 Å². The second-order valence-corrected chi connectivity index (χ2v) is 6.40. The predicted octanol–water partition coefficient (Wildman–Crippen LogP) is 3.14. The number of pyridine rings is 1. The maximum atomic E-state index is 12.1. The van der Waals surface area contributed by atoms with Crippen LogP contribution in [0.5, 0.6) is 0 Å². The van der Waals surface area contributed by atoms with E-state index in [-0.39, 0.29) is 16.9 Å². The number of nitrogen functional groups attached to an aromatic ring is 1. The Labute approximate surface area is 159 Å². The predicted molar refractivity (Wildman–Crippen MR) is 99.3 cm³/mol. The number of anilines is 1. The Morgan fingerprint density at radius 1 is 1.19 bits per heavy atom. The Morgan fingerprint density at radius 2 is 1.89 bits per heavy atom. The fourth-order valence-electron chi connectivity index (χ4n) is 2.46. The first-order valence-corrected chi connectivity index (χ1v) is 8.53. The first-order chi connectivity index (χ1) is 13.1. The number of benzene rings is 1. The number of nitriles is 2. The van der Waals surface area contributed by atoms with Gasteiger partial charge in [-0.05, 0) is 36.4 Å². The van der Waals surface area contributed by atoms with Gasteiger partial charge in [0.1, 0.15) is 17.2 Å². The van der Waals surface area contributed by atoms with Gasteiger partial charge in [-0.15, -0.1) is 0 Å². The third kappa shape index (κ3) is 3.47. The van der Waals surface area contributed by atoms with Crippen molar-refractivity contribution in [2.45, 2.75) is 9.92 Å². The summed E-state index contributed by atoms with van der Waals surface area (Å²) in [4.78, 5) is 17.2. The van der Waals surface area contributed by atoms with Gasteiger partial charge in [-0.1, -0.05) is 11.8 Å². The highest BCUT2D eigenvalue weighted by Crippen LogP contribution is 2.30. The minimum Gasteiger partial charge on any atom is -0.464 e. The quantitative estimate of drug-likeness (QED) is 0.696. The topological polar surface area (TPSA) is 118 Å². The second kappa shape index (κ2) is 7.65. The highest BCUT2D eigenvalue weighted by atomic mass is 32.2. The number of hydrogen-bond donors (Lipinski definition) is 1. The van der Waals surface area contributed by atoms with Crippen LogP contribution in [0.3, 0.4) is 0 Å². The molecule has 2 aromatic heterocycles. The van der Waals surface area contributed by atoms with Gasteiger partial charge in [0, 0.05) is 23.0 Å². The number of aromatic nitrogens is 2. The first-order valence-electron chi connectivity index (χ1n) is 7.71. The minimum absolute atomic E-state index is 0.0787. The molecule has 132 valence electrons. The molecule has 7 nitrogen and oxygen atoms in total. The molecular formula is C19H13N5O2S. The highest BCUT2D eigenvalue weighted by molar-refractivity contribution is 7.99. The van der Waals surface area contributed by atoms with Crippen LogP contribution in [0, 0.1) is 22.7 Å². The molecule has 2 N–H and O–H groups in total. The van der Waals surface area contributed by atoms with Crippen molar-refractivity contribution in [3.8, 4) is 17.8 Å². The normalized spacial score (nSPS) is 10.0. The summed E-state index contributed by atoms with van der Waals surface area (Å²) in [6, 6.07) is 14.7. The van der Waals surface area contributed by atoms with Crippen LogP contribution in [-0.2, 0) is 4.74 Å². The van der Waals surface area contributed by atoms with E-state index < -0.39 is 5.97 Å². The fourth-order valence-corrected chi connectivity index (χ4v) is 3.29. The van der Waals surface area contributed by atoms with Gasteiger partial charge in [0.15, 0.2) is 5.69 Å². The molecule has 0 aliphatic rings. The molecule has 0 saturated heterocycles. The van der Waals surface area contributed by atoms with E-state index in [1.54, 1.807) is 30.5 Å². The Kier molecular flexibility index (Phi) is 5.11. The molecule has 0 atom stereocenters. The number of nitrogens with two attached hydrogens (primary N) is 1. The van der Waals surface area contributed by atoms with Crippen molar-refractivity contribution >= 4 is 23.4 Å². The second-order valence-electron chi connectivity index (χ2n) is 5.34.